The van der Waals surface area contributed by atoms with Crippen LogP contribution in [0.1, 0.15) is 24.0 Å². The van der Waals surface area contributed by atoms with Gasteiger partial charge in [0, 0.05) is 36.3 Å². The van der Waals surface area contributed by atoms with Crippen LogP contribution in [0.2, 0.25) is 5.02 Å². The Morgan fingerprint density at radius 1 is 1.21 bits per heavy atom. The fraction of sp³-hybridized carbons (Fsp3) is 0.375. The molecule has 0 saturated heterocycles. The van der Waals surface area contributed by atoms with E-state index in [1.807, 2.05) is 0 Å². The number of amides is 1. The molecule has 3 rings (SSSR count). The number of benzene rings is 2. The van der Waals surface area contributed by atoms with Crippen molar-refractivity contribution >= 4 is 35.6 Å². The van der Waals surface area contributed by atoms with Crippen LogP contribution in [0, 0.1) is 17.8 Å². The first-order valence-corrected chi connectivity index (χ1v) is 10.7. The lowest BCUT2D eigenvalue weighted by Gasteiger charge is -2.17. The molecule has 0 aliphatic heterocycles. The predicted molar refractivity (Wildman–Crippen MR) is 128 cm³/mol. The number of carbonyl (C=O) groups is 1. The van der Waals surface area contributed by atoms with Crippen LogP contribution in [-0.2, 0) is 11.0 Å². The van der Waals surface area contributed by atoms with E-state index in [4.69, 9.17) is 21.1 Å². The standard InChI is InChI=1S/C24H24ClF3N2O3.ClH/c1-30(15-16-3-4-16)11-12-33-21-9-8-19(14-22(21)32-2)29-23(31)10-6-17-5-7-18(13-20(17)25)24(26,27)28;/h5,7-9,13-14,16H,3-4,11-12,15H2,1-2H3,(H,29,31);1H. The van der Waals surface area contributed by atoms with Gasteiger partial charge >= 0.3 is 12.1 Å². The zero-order valence-corrected chi connectivity index (χ0v) is 20.2. The maximum Gasteiger partial charge on any atom is 0.416 e. The number of nitrogens with zero attached hydrogens (tertiary/aromatic N) is 1. The molecular formula is C24H25Cl2F3N2O3. The largest absolute Gasteiger partial charge is 0.493 e. The van der Waals surface area contributed by atoms with Gasteiger partial charge in [0.15, 0.2) is 11.5 Å². The number of hydrogen-bond acceptors (Lipinski definition) is 4. The summed E-state index contributed by atoms with van der Waals surface area (Å²) in [7, 11) is 3.57. The minimum absolute atomic E-state index is 0. The van der Waals surface area contributed by atoms with Crippen molar-refractivity contribution in [1.29, 1.82) is 0 Å². The Kier molecular flexibility index (Phi) is 9.92. The van der Waals surface area contributed by atoms with Crippen molar-refractivity contribution in [3.05, 3.63) is 52.5 Å². The van der Waals surface area contributed by atoms with Gasteiger partial charge in [0.1, 0.15) is 6.61 Å². The first-order valence-electron chi connectivity index (χ1n) is 10.3. The second-order valence-electron chi connectivity index (χ2n) is 7.82. The van der Waals surface area contributed by atoms with E-state index in [9.17, 15) is 18.0 Å². The number of carbonyl (C=O) groups excluding carboxylic acids is 1. The summed E-state index contributed by atoms with van der Waals surface area (Å²) in [5, 5.41) is 2.41. The molecule has 2 aromatic carbocycles. The molecule has 1 amide bonds. The molecule has 0 heterocycles. The Morgan fingerprint density at radius 2 is 1.94 bits per heavy atom. The van der Waals surface area contributed by atoms with Gasteiger partial charge < -0.3 is 19.7 Å². The third-order valence-electron chi connectivity index (χ3n) is 5.03. The average molecular weight is 517 g/mol. The lowest BCUT2D eigenvalue weighted by atomic mass is 10.1. The van der Waals surface area contributed by atoms with Crippen LogP contribution in [0.5, 0.6) is 11.5 Å². The number of ether oxygens (including phenoxy) is 2. The molecular weight excluding hydrogens is 492 g/mol. The maximum absolute atomic E-state index is 12.7. The third kappa shape index (κ3) is 8.32. The predicted octanol–water partition coefficient (Wildman–Crippen LogP) is 5.50. The molecule has 184 valence electrons. The monoisotopic (exact) mass is 516 g/mol. The van der Waals surface area contributed by atoms with E-state index in [1.165, 1.54) is 20.0 Å². The van der Waals surface area contributed by atoms with Gasteiger partial charge in [0.05, 0.1) is 17.7 Å². The van der Waals surface area contributed by atoms with E-state index in [-0.39, 0.29) is 23.0 Å². The van der Waals surface area contributed by atoms with E-state index < -0.39 is 17.6 Å². The highest BCUT2D eigenvalue weighted by Crippen LogP contribution is 2.32. The Labute approximate surface area is 208 Å². The molecule has 34 heavy (non-hydrogen) atoms. The van der Waals surface area contributed by atoms with E-state index in [1.54, 1.807) is 18.2 Å². The highest BCUT2D eigenvalue weighted by Gasteiger charge is 2.30. The topological polar surface area (TPSA) is 50.8 Å². The van der Waals surface area contributed by atoms with Crippen molar-refractivity contribution < 1.29 is 27.4 Å². The summed E-state index contributed by atoms with van der Waals surface area (Å²) in [4.78, 5) is 14.4. The molecule has 0 spiro atoms. The highest BCUT2D eigenvalue weighted by atomic mass is 35.5. The molecule has 1 saturated carbocycles. The summed E-state index contributed by atoms with van der Waals surface area (Å²) >= 11 is 5.86. The fourth-order valence-corrected chi connectivity index (χ4v) is 3.32. The van der Waals surface area contributed by atoms with Crippen molar-refractivity contribution in [1.82, 2.24) is 4.90 Å². The quantitative estimate of drug-likeness (QED) is 0.470. The minimum atomic E-state index is -4.51. The number of methoxy groups -OCH3 is 1. The number of hydrogen-bond donors (Lipinski definition) is 1. The zero-order valence-electron chi connectivity index (χ0n) is 18.7. The summed E-state index contributed by atoms with van der Waals surface area (Å²) < 4.78 is 49.3. The first-order chi connectivity index (χ1) is 15.7. The number of likely N-dealkylation sites (N-methyl/N-ethyl adjacent to an activating group) is 1. The van der Waals surface area contributed by atoms with Gasteiger partial charge in [-0.1, -0.05) is 17.5 Å². The number of rotatable bonds is 8. The molecule has 1 fully saturated rings. The van der Waals surface area contributed by atoms with Gasteiger partial charge in [-0.2, -0.15) is 13.2 Å². The summed E-state index contributed by atoms with van der Waals surface area (Å²) in [5.41, 5.74) is -0.331. The molecule has 0 bridgehead atoms. The first kappa shape index (κ1) is 27.6. The number of alkyl halides is 3. The van der Waals surface area contributed by atoms with Crippen molar-refractivity contribution in [2.45, 2.75) is 19.0 Å². The van der Waals surface area contributed by atoms with E-state index in [0.717, 1.165) is 37.2 Å². The summed E-state index contributed by atoms with van der Waals surface area (Å²) in [6.07, 6.45) is -1.91. The van der Waals surface area contributed by atoms with Crippen molar-refractivity contribution in [2.24, 2.45) is 5.92 Å². The molecule has 5 nitrogen and oxygen atoms in total. The summed E-state index contributed by atoms with van der Waals surface area (Å²) in [6.45, 7) is 2.37. The van der Waals surface area contributed by atoms with E-state index in [2.05, 4.69) is 29.1 Å². The Bertz CT molecular complexity index is 1060. The Morgan fingerprint density at radius 3 is 2.56 bits per heavy atom. The molecule has 0 aromatic heterocycles. The lowest BCUT2D eigenvalue weighted by molar-refractivity contribution is -0.137. The van der Waals surface area contributed by atoms with Crippen LogP contribution in [0.3, 0.4) is 0 Å². The van der Waals surface area contributed by atoms with Gasteiger partial charge in [0.25, 0.3) is 0 Å². The Balaban J connectivity index is 0.00000408. The summed E-state index contributed by atoms with van der Waals surface area (Å²) in [5.74, 6) is 5.98. The van der Waals surface area contributed by atoms with Crippen molar-refractivity contribution in [3.63, 3.8) is 0 Å². The van der Waals surface area contributed by atoms with Gasteiger partial charge in [-0.25, -0.2) is 0 Å². The average Bonchev–Trinajstić information content (AvgIpc) is 3.56. The Hall–Kier alpha value is -2.60. The van der Waals surface area contributed by atoms with Crippen LogP contribution in [0.25, 0.3) is 0 Å². The fourth-order valence-electron chi connectivity index (χ4n) is 3.09. The minimum Gasteiger partial charge on any atom is -0.493 e. The second kappa shape index (κ2) is 12.2. The second-order valence-corrected chi connectivity index (χ2v) is 8.22. The SMILES string of the molecule is COc1cc(NC(=O)C#Cc2ccc(C(F)(F)F)cc2Cl)ccc1OCCN(C)CC1CC1.Cl. The van der Waals surface area contributed by atoms with Gasteiger partial charge in [-0.05, 0) is 56.1 Å². The molecule has 0 atom stereocenters. The smallest absolute Gasteiger partial charge is 0.416 e. The van der Waals surface area contributed by atoms with Crippen LogP contribution >= 0.6 is 24.0 Å². The number of anilines is 1. The van der Waals surface area contributed by atoms with Gasteiger partial charge in [-0.15, -0.1) is 12.4 Å². The molecule has 0 unspecified atom stereocenters. The molecule has 0 radical (unpaired) electrons. The van der Waals surface area contributed by atoms with Crippen LogP contribution in [0.15, 0.2) is 36.4 Å². The number of nitrogens with one attached hydrogen (secondary N) is 1. The number of halogens is 5. The molecule has 10 heteroatoms. The molecule has 1 aliphatic rings. The van der Waals surface area contributed by atoms with Crippen LogP contribution in [0.4, 0.5) is 18.9 Å². The van der Waals surface area contributed by atoms with E-state index in [0.29, 0.717) is 23.8 Å². The maximum atomic E-state index is 12.7. The van der Waals surface area contributed by atoms with Gasteiger partial charge in [-0.3, -0.25) is 4.79 Å². The van der Waals surface area contributed by atoms with Gasteiger partial charge in [0.2, 0.25) is 0 Å². The third-order valence-corrected chi connectivity index (χ3v) is 5.34. The molecule has 1 N–H and O–H groups in total. The normalized spacial score (nSPS) is 12.9. The molecule has 1 aliphatic carbocycles. The van der Waals surface area contributed by atoms with Crippen LogP contribution in [-0.4, -0.2) is 44.7 Å². The highest BCUT2D eigenvalue weighted by molar-refractivity contribution is 6.31. The van der Waals surface area contributed by atoms with Crippen LogP contribution < -0.4 is 14.8 Å². The van der Waals surface area contributed by atoms with Crippen molar-refractivity contribution in [2.75, 3.05) is 39.2 Å². The van der Waals surface area contributed by atoms with Crippen molar-refractivity contribution in [3.8, 4) is 23.3 Å². The molecule has 2 aromatic rings. The lowest BCUT2D eigenvalue weighted by Crippen LogP contribution is -2.26. The van der Waals surface area contributed by atoms with E-state index >= 15 is 0 Å². The summed E-state index contributed by atoms with van der Waals surface area (Å²) in [6, 6.07) is 7.71. The zero-order chi connectivity index (χ0) is 24.0.